The Morgan fingerprint density at radius 2 is 1.62 bits per heavy atom. The van der Waals surface area contributed by atoms with Crippen LogP contribution < -0.4 is 0 Å². The summed E-state index contributed by atoms with van der Waals surface area (Å²) in [5, 5.41) is 9.03. The summed E-state index contributed by atoms with van der Waals surface area (Å²) >= 11 is 0. The van der Waals surface area contributed by atoms with E-state index >= 15 is 0 Å². The molecule has 0 aromatic heterocycles. The van der Waals surface area contributed by atoms with Crippen LogP contribution in [0.1, 0.15) is 27.2 Å². The Labute approximate surface area is 126 Å². The minimum Gasteiger partial charge on any atom is -0.480 e. The highest BCUT2D eigenvalue weighted by Crippen LogP contribution is 2.24. The van der Waals surface area contributed by atoms with Gasteiger partial charge in [0.2, 0.25) is 0 Å². The molecule has 0 spiro atoms. The lowest BCUT2D eigenvalue weighted by atomic mass is 9.95. The highest BCUT2D eigenvalue weighted by atomic mass is 16.4. The van der Waals surface area contributed by atoms with Gasteiger partial charge in [0, 0.05) is 39.3 Å². The van der Waals surface area contributed by atoms with E-state index in [4.69, 9.17) is 5.11 Å². The average Bonchev–Trinajstić information content (AvgIpc) is 2.96. The molecule has 0 aromatic rings. The molecule has 6 heteroatoms. The van der Waals surface area contributed by atoms with Gasteiger partial charge in [-0.15, -0.1) is 0 Å². The predicted molar refractivity (Wildman–Crippen MR) is 80.2 cm³/mol. The zero-order chi connectivity index (χ0) is 15.6. The highest BCUT2D eigenvalue weighted by Gasteiger charge is 2.33. The van der Waals surface area contributed by atoms with E-state index in [1.165, 1.54) is 0 Å². The lowest BCUT2D eigenvalue weighted by Crippen LogP contribution is -2.55. The van der Waals surface area contributed by atoms with Crippen molar-refractivity contribution in [3.05, 3.63) is 0 Å². The van der Waals surface area contributed by atoms with E-state index in [1.54, 1.807) is 6.92 Å². The fourth-order valence-electron chi connectivity index (χ4n) is 3.16. The van der Waals surface area contributed by atoms with Gasteiger partial charge in [-0.3, -0.25) is 9.69 Å². The third-order valence-corrected chi connectivity index (χ3v) is 4.93. The fraction of sp³-hybridized carbons (Fsp3) is 0.867. The summed E-state index contributed by atoms with van der Waals surface area (Å²) in [5.74, 6) is 0.437. The van der Waals surface area contributed by atoms with E-state index in [1.807, 2.05) is 14.7 Å². The van der Waals surface area contributed by atoms with Gasteiger partial charge < -0.3 is 14.9 Å². The number of amides is 2. The van der Waals surface area contributed by atoms with E-state index in [9.17, 15) is 9.59 Å². The first kappa shape index (κ1) is 16.1. The predicted octanol–water partition coefficient (Wildman–Crippen LogP) is 1.18. The molecule has 2 aliphatic heterocycles. The van der Waals surface area contributed by atoms with Crippen molar-refractivity contribution in [3.63, 3.8) is 0 Å². The fourth-order valence-corrected chi connectivity index (χ4v) is 3.16. The maximum atomic E-state index is 12.5. The molecule has 0 radical (unpaired) electrons. The molecule has 2 atom stereocenters. The van der Waals surface area contributed by atoms with Crippen LogP contribution in [0.5, 0.6) is 0 Å². The largest absolute Gasteiger partial charge is 0.480 e. The number of carboxylic acids is 1. The summed E-state index contributed by atoms with van der Waals surface area (Å²) < 4.78 is 0. The number of rotatable bonds is 3. The van der Waals surface area contributed by atoms with Crippen molar-refractivity contribution in [1.82, 2.24) is 14.7 Å². The zero-order valence-corrected chi connectivity index (χ0v) is 13.3. The minimum absolute atomic E-state index is 0.126. The number of nitrogens with zero attached hydrogens (tertiary/aromatic N) is 3. The molecule has 2 aliphatic rings. The number of aliphatic carboxylic acids is 1. The molecule has 2 amide bonds. The molecule has 2 rings (SSSR count). The number of carbonyl (C=O) groups excluding carboxylic acids is 1. The first-order chi connectivity index (χ1) is 9.90. The smallest absolute Gasteiger partial charge is 0.320 e. The molecule has 21 heavy (non-hydrogen) atoms. The second-order valence-electron chi connectivity index (χ2n) is 6.56. The van der Waals surface area contributed by atoms with Crippen molar-refractivity contribution < 1.29 is 14.7 Å². The summed E-state index contributed by atoms with van der Waals surface area (Å²) in [7, 11) is 0. The minimum atomic E-state index is -0.797. The maximum Gasteiger partial charge on any atom is 0.320 e. The normalized spacial score (nSPS) is 25.4. The Balaban J connectivity index is 1.82. The van der Waals surface area contributed by atoms with Gasteiger partial charge in [0.25, 0.3) is 0 Å². The SMILES string of the molecule is CC(C)C1CCN(C(=O)N2CCN(C(C)C(=O)O)CC2)C1. The van der Waals surface area contributed by atoms with Crippen molar-refractivity contribution in [2.45, 2.75) is 33.2 Å². The second-order valence-corrected chi connectivity index (χ2v) is 6.56. The first-order valence-electron chi connectivity index (χ1n) is 7.91. The third-order valence-electron chi connectivity index (χ3n) is 4.93. The number of hydrogen-bond acceptors (Lipinski definition) is 3. The Bertz CT molecular complexity index is 392. The number of carbonyl (C=O) groups is 2. The molecule has 120 valence electrons. The molecule has 2 unspecified atom stereocenters. The van der Waals surface area contributed by atoms with E-state index in [2.05, 4.69) is 13.8 Å². The van der Waals surface area contributed by atoms with E-state index in [-0.39, 0.29) is 6.03 Å². The van der Waals surface area contributed by atoms with Crippen LogP contribution in [0.3, 0.4) is 0 Å². The molecule has 0 saturated carbocycles. The third kappa shape index (κ3) is 3.67. The molecule has 2 heterocycles. The second kappa shape index (κ2) is 6.64. The monoisotopic (exact) mass is 297 g/mol. The van der Waals surface area contributed by atoms with E-state index in [0.29, 0.717) is 38.0 Å². The van der Waals surface area contributed by atoms with Crippen molar-refractivity contribution >= 4 is 12.0 Å². The van der Waals surface area contributed by atoms with Gasteiger partial charge >= 0.3 is 12.0 Å². The van der Waals surface area contributed by atoms with Crippen LogP contribution >= 0.6 is 0 Å². The van der Waals surface area contributed by atoms with Gasteiger partial charge in [0.15, 0.2) is 0 Å². The first-order valence-corrected chi connectivity index (χ1v) is 7.91. The van der Waals surface area contributed by atoms with Crippen LogP contribution in [-0.4, -0.2) is 77.1 Å². The number of piperazine rings is 1. The summed E-state index contributed by atoms with van der Waals surface area (Å²) in [5.41, 5.74) is 0. The van der Waals surface area contributed by atoms with Crippen molar-refractivity contribution in [3.8, 4) is 0 Å². The molecule has 2 fully saturated rings. The van der Waals surface area contributed by atoms with E-state index in [0.717, 1.165) is 19.5 Å². The quantitative estimate of drug-likeness (QED) is 0.849. The highest BCUT2D eigenvalue weighted by molar-refractivity contribution is 5.75. The Kier molecular flexibility index (Phi) is 5.08. The molecule has 1 N–H and O–H groups in total. The summed E-state index contributed by atoms with van der Waals surface area (Å²) in [4.78, 5) is 29.2. The lowest BCUT2D eigenvalue weighted by Gasteiger charge is -2.38. The molecular weight excluding hydrogens is 270 g/mol. The Morgan fingerprint density at radius 3 is 2.10 bits per heavy atom. The van der Waals surface area contributed by atoms with Gasteiger partial charge in [0.05, 0.1) is 0 Å². The van der Waals surface area contributed by atoms with Gasteiger partial charge in [-0.1, -0.05) is 13.8 Å². The molecule has 0 aliphatic carbocycles. The number of urea groups is 1. The maximum absolute atomic E-state index is 12.5. The van der Waals surface area contributed by atoms with Crippen LogP contribution in [0.15, 0.2) is 0 Å². The average molecular weight is 297 g/mol. The molecular formula is C15H27N3O3. The van der Waals surface area contributed by atoms with Crippen molar-refractivity contribution in [2.24, 2.45) is 11.8 Å². The number of carboxylic acid groups (broad SMARTS) is 1. The summed E-state index contributed by atoms with van der Waals surface area (Å²) in [6, 6.07) is -0.347. The molecule has 0 bridgehead atoms. The molecule has 0 aromatic carbocycles. The summed E-state index contributed by atoms with van der Waals surface area (Å²) in [6.45, 7) is 10.4. The topological polar surface area (TPSA) is 64.1 Å². The van der Waals surface area contributed by atoms with Crippen molar-refractivity contribution in [1.29, 1.82) is 0 Å². The van der Waals surface area contributed by atoms with Gasteiger partial charge in [-0.05, 0) is 25.2 Å². The molecule has 6 nitrogen and oxygen atoms in total. The Hall–Kier alpha value is -1.30. The van der Waals surface area contributed by atoms with E-state index < -0.39 is 12.0 Å². The van der Waals surface area contributed by atoms with Crippen LogP contribution in [0, 0.1) is 11.8 Å². The van der Waals surface area contributed by atoms with Crippen LogP contribution in [0.25, 0.3) is 0 Å². The van der Waals surface area contributed by atoms with Gasteiger partial charge in [-0.25, -0.2) is 4.79 Å². The molecule has 2 saturated heterocycles. The van der Waals surface area contributed by atoms with Crippen molar-refractivity contribution in [2.75, 3.05) is 39.3 Å². The number of hydrogen-bond donors (Lipinski definition) is 1. The zero-order valence-electron chi connectivity index (χ0n) is 13.3. The van der Waals surface area contributed by atoms with Crippen LogP contribution in [0.2, 0.25) is 0 Å². The van der Waals surface area contributed by atoms with Gasteiger partial charge in [-0.2, -0.15) is 0 Å². The van der Waals surface area contributed by atoms with Crippen LogP contribution in [-0.2, 0) is 4.79 Å². The lowest BCUT2D eigenvalue weighted by molar-refractivity contribution is -0.143. The summed E-state index contributed by atoms with van der Waals surface area (Å²) in [6.07, 6.45) is 1.10. The van der Waals surface area contributed by atoms with Gasteiger partial charge in [0.1, 0.15) is 6.04 Å². The Morgan fingerprint density at radius 1 is 1.00 bits per heavy atom. The standard InChI is InChI=1S/C15H27N3O3/c1-11(2)13-4-5-18(10-13)15(21)17-8-6-16(7-9-17)12(3)14(19)20/h11-13H,4-10H2,1-3H3,(H,19,20). The van der Waals surface area contributed by atoms with Crippen LogP contribution in [0.4, 0.5) is 4.79 Å². The number of likely N-dealkylation sites (tertiary alicyclic amines) is 1.